The minimum absolute atomic E-state index is 0.0387. The lowest BCUT2D eigenvalue weighted by Gasteiger charge is -2.17. The predicted octanol–water partition coefficient (Wildman–Crippen LogP) is 3.95. The van der Waals surface area contributed by atoms with Crippen molar-refractivity contribution >= 4 is 22.5 Å². The Kier molecular flexibility index (Phi) is 4.33. The van der Waals surface area contributed by atoms with Gasteiger partial charge in [0.2, 0.25) is 11.5 Å². The highest BCUT2D eigenvalue weighted by atomic mass is 16.2. The molecule has 0 radical (unpaired) electrons. The maximum Gasteiger partial charge on any atom is 0.248 e. The molecule has 1 aliphatic carbocycles. The number of nitrogens with one attached hydrogen (secondary N) is 2. The second-order valence-electron chi connectivity index (χ2n) is 6.47. The van der Waals surface area contributed by atoms with Crippen molar-refractivity contribution < 1.29 is 4.79 Å². The molecule has 120 valence electrons. The van der Waals surface area contributed by atoms with Gasteiger partial charge in [-0.05, 0) is 42.9 Å². The van der Waals surface area contributed by atoms with Crippen molar-refractivity contribution in [2.75, 3.05) is 5.32 Å². The number of aromatic amines is 1. The second-order valence-corrected chi connectivity index (χ2v) is 6.47. The molecule has 1 aliphatic rings. The van der Waals surface area contributed by atoms with E-state index >= 15 is 0 Å². The first kappa shape index (κ1) is 15.5. The zero-order valence-electron chi connectivity index (χ0n) is 13.6. The average molecular weight is 310 g/mol. The Morgan fingerprint density at radius 3 is 2.78 bits per heavy atom. The Labute approximate surface area is 135 Å². The van der Waals surface area contributed by atoms with Gasteiger partial charge < -0.3 is 10.3 Å². The molecule has 1 amide bonds. The molecule has 2 aromatic rings. The second kappa shape index (κ2) is 6.41. The molecule has 0 saturated carbocycles. The summed E-state index contributed by atoms with van der Waals surface area (Å²) in [5.41, 5.74) is 2.41. The number of H-pyrrole nitrogens is 1. The van der Waals surface area contributed by atoms with Crippen molar-refractivity contribution in [1.29, 1.82) is 0 Å². The van der Waals surface area contributed by atoms with Gasteiger partial charge >= 0.3 is 0 Å². The van der Waals surface area contributed by atoms with Crippen molar-refractivity contribution in [1.82, 2.24) is 4.98 Å². The van der Waals surface area contributed by atoms with Crippen LogP contribution < -0.4 is 10.9 Å². The summed E-state index contributed by atoms with van der Waals surface area (Å²) >= 11 is 0. The lowest BCUT2D eigenvalue weighted by Crippen LogP contribution is -2.23. The van der Waals surface area contributed by atoms with E-state index in [1.165, 1.54) is 0 Å². The topological polar surface area (TPSA) is 62.0 Å². The lowest BCUT2D eigenvalue weighted by atomic mass is 9.93. The number of pyridine rings is 1. The molecule has 0 aliphatic heterocycles. The largest absolute Gasteiger partial charge is 0.326 e. The number of hydrogen-bond acceptors (Lipinski definition) is 2. The standard InChI is InChI=1S/C19H22N2O2/c1-12(2)16-11-18(22)21-17-10-14(8-9-15(16)17)20-19(23)13-6-4-3-5-7-13/h3-4,8-13H,5-7H2,1-2H3,(H,20,23)(H,21,22). The molecule has 4 heteroatoms. The molecule has 0 fully saturated rings. The van der Waals surface area contributed by atoms with E-state index in [0.29, 0.717) is 0 Å². The van der Waals surface area contributed by atoms with Crippen LogP contribution in [0.5, 0.6) is 0 Å². The van der Waals surface area contributed by atoms with Gasteiger partial charge in [-0.2, -0.15) is 0 Å². The summed E-state index contributed by atoms with van der Waals surface area (Å²) in [5, 5.41) is 4.00. The molecule has 0 bridgehead atoms. The molecule has 4 nitrogen and oxygen atoms in total. The summed E-state index contributed by atoms with van der Waals surface area (Å²) in [7, 11) is 0. The molecular formula is C19H22N2O2. The summed E-state index contributed by atoms with van der Waals surface area (Å²) in [5.74, 6) is 0.363. The van der Waals surface area contributed by atoms with Gasteiger partial charge in [0.05, 0.1) is 5.52 Å². The molecule has 1 aromatic heterocycles. The first-order valence-electron chi connectivity index (χ1n) is 8.17. The number of carbonyl (C=O) groups excluding carboxylic acids is 1. The zero-order valence-corrected chi connectivity index (χ0v) is 13.6. The first-order chi connectivity index (χ1) is 11.0. The molecular weight excluding hydrogens is 288 g/mol. The Bertz CT molecular complexity index is 818. The monoisotopic (exact) mass is 310 g/mol. The number of anilines is 1. The van der Waals surface area contributed by atoms with Crippen molar-refractivity contribution in [2.45, 2.75) is 39.0 Å². The fourth-order valence-corrected chi connectivity index (χ4v) is 3.12. The van der Waals surface area contributed by atoms with E-state index in [1.807, 2.05) is 18.2 Å². The third-order valence-corrected chi connectivity index (χ3v) is 4.40. The maximum atomic E-state index is 12.3. The molecule has 0 saturated heterocycles. The predicted molar refractivity (Wildman–Crippen MR) is 93.8 cm³/mol. The third-order valence-electron chi connectivity index (χ3n) is 4.40. The number of hydrogen-bond donors (Lipinski definition) is 2. The Morgan fingerprint density at radius 2 is 2.09 bits per heavy atom. The van der Waals surface area contributed by atoms with Crippen LogP contribution in [0.1, 0.15) is 44.6 Å². The van der Waals surface area contributed by atoms with E-state index in [4.69, 9.17) is 0 Å². The summed E-state index contributed by atoms with van der Waals surface area (Å²) in [4.78, 5) is 27.0. The molecule has 2 N–H and O–H groups in total. The Morgan fingerprint density at radius 1 is 1.26 bits per heavy atom. The first-order valence-corrected chi connectivity index (χ1v) is 8.17. The number of carbonyl (C=O) groups is 1. The summed E-state index contributed by atoms with van der Waals surface area (Å²) < 4.78 is 0. The highest BCUT2D eigenvalue weighted by molar-refractivity contribution is 5.95. The van der Waals surface area contributed by atoms with Gasteiger partial charge in [0.1, 0.15) is 0 Å². The quantitative estimate of drug-likeness (QED) is 0.843. The highest BCUT2D eigenvalue weighted by Gasteiger charge is 2.19. The number of fused-ring (bicyclic) bond motifs is 1. The Hall–Kier alpha value is -2.36. The van der Waals surface area contributed by atoms with Crippen molar-refractivity contribution in [2.24, 2.45) is 5.92 Å². The number of aromatic nitrogens is 1. The van der Waals surface area contributed by atoms with Crippen LogP contribution in [0, 0.1) is 5.92 Å². The van der Waals surface area contributed by atoms with Crippen LogP contribution in [0.3, 0.4) is 0 Å². The molecule has 3 rings (SSSR count). The fraction of sp³-hybridized carbons (Fsp3) is 0.368. The lowest BCUT2D eigenvalue weighted by molar-refractivity contribution is -0.120. The van der Waals surface area contributed by atoms with Gasteiger partial charge in [0.15, 0.2) is 0 Å². The molecule has 0 spiro atoms. The minimum atomic E-state index is -0.109. The van der Waals surface area contributed by atoms with Crippen LogP contribution in [0.2, 0.25) is 0 Å². The number of amides is 1. The van der Waals surface area contributed by atoms with E-state index in [2.05, 4.69) is 36.3 Å². The van der Waals surface area contributed by atoms with E-state index in [9.17, 15) is 9.59 Å². The SMILES string of the molecule is CC(C)c1cc(=O)[nH]c2cc(NC(=O)C3CC=CCC3)ccc12. The van der Waals surface area contributed by atoms with Crippen LogP contribution >= 0.6 is 0 Å². The van der Waals surface area contributed by atoms with E-state index in [-0.39, 0.29) is 23.3 Å². The van der Waals surface area contributed by atoms with Crippen LogP contribution in [-0.2, 0) is 4.79 Å². The van der Waals surface area contributed by atoms with Crippen LogP contribution in [0.25, 0.3) is 10.9 Å². The maximum absolute atomic E-state index is 12.3. The summed E-state index contributed by atoms with van der Waals surface area (Å²) in [6.45, 7) is 4.14. The van der Waals surface area contributed by atoms with Crippen LogP contribution in [0.4, 0.5) is 5.69 Å². The zero-order chi connectivity index (χ0) is 16.4. The number of rotatable bonds is 3. The molecule has 1 atom stereocenters. The minimum Gasteiger partial charge on any atom is -0.326 e. The van der Waals surface area contributed by atoms with Gasteiger partial charge in [0.25, 0.3) is 0 Å². The van der Waals surface area contributed by atoms with Gasteiger partial charge in [-0.25, -0.2) is 0 Å². The normalized spacial score (nSPS) is 17.6. The molecule has 23 heavy (non-hydrogen) atoms. The van der Waals surface area contributed by atoms with Gasteiger partial charge in [0, 0.05) is 23.1 Å². The van der Waals surface area contributed by atoms with Crippen LogP contribution in [-0.4, -0.2) is 10.9 Å². The average Bonchev–Trinajstić information content (AvgIpc) is 2.54. The van der Waals surface area contributed by atoms with Gasteiger partial charge in [-0.15, -0.1) is 0 Å². The highest BCUT2D eigenvalue weighted by Crippen LogP contribution is 2.26. The van der Waals surface area contributed by atoms with Crippen LogP contribution in [0.15, 0.2) is 41.2 Å². The number of allylic oxidation sites excluding steroid dienone is 2. The molecule has 1 unspecified atom stereocenters. The van der Waals surface area contributed by atoms with Gasteiger partial charge in [-0.1, -0.05) is 32.1 Å². The third kappa shape index (κ3) is 3.36. The van der Waals surface area contributed by atoms with Crippen molar-refractivity contribution in [3.63, 3.8) is 0 Å². The Balaban J connectivity index is 1.89. The van der Waals surface area contributed by atoms with E-state index < -0.39 is 0 Å². The van der Waals surface area contributed by atoms with E-state index in [1.54, 1.807) is 6.07 Å². The fourth-order valence-electron chi connectivity index (χ4n) is 3.12. The van der Waals surface area contributed by atoms with Gasteiger partial charge in [-0.3, -0.25) is 9.59 Å². The summed E-state index contributed by atoms with van der Waals surface area (Å²) in [6.07, 6.45) is 6.84. The summed E-state index contributed by atoms with van der Waals surface area (Å²) in [6, 6.07) is 7.37. The van der Waals surface area contributed by atoms with E-state index in [0.717, 1.165) is 41.4 Å². The van der Waals surface area contributed by atoms with Crippen molar-refractivity contribution in [3.8, 4) is 0 Å². The van der Waals surface area contributed by atoms with Crippen molar-refractivity contribution in [3.05, 3.63) is 52.3 Å². The molecule has 1 heterocycles. The molecule has 1 aromatic carbocycles. The smallest absolute Gasteiger partial charge is 0.248 e. The number of benzene rings is 1.